The molecule has 0 atom stereocenters. The fraction of sp³-hybridized carbons (Fsp3) is 0.769. The van der Waals surface area contributed by atoms with E-state index in [0.717, 1.165) is 42.6 Å². The van der Waals surface area contributed by atoms with Crippen molar-refractivity contribution in [3.05, 3.63) is 10.0 Å². The van der Waals surface area contributed by atoms with Crippen molar-refractivity contribution >= 4 is 17.2 Å². The Bertz CT molecular complexity index is 453. The summed E-state index contributed by atoms with van der Waals surface area (Å²) < 4.78 is 0. The molecule has 1 aromatic rings. The Kier molecular flexibility index (Phi) is 3.54. The molecule has 0 bridgehead atoms. The predicted octanol–water partition coefficient (Wildman–Crippen LogP) is 1.34. The van der Waals surface area contributed by atoms with Gasteiger partial charge in [0.05, 0.1) is 6.54 Å². The van der Waals surface area contributed by atoms with E-state index in [1.54, 1.807) is 11.3 Å². The van der Waals surface area contributed by atoms with Crippen LogP contribution in [0.1, 0.15) is 35.7 Å². The lowest BCUT2D eigenvalue weighted by Gasteiger charge is -2.43. The van der Waals surface area contributed by atoms with Gasteiger partial charge in [-0.25, -0.2) is 0 Å². The summed E-state index contributed by atoms with van der Waals surface area (Å²) in [5.74, 6) is 0.220. The first-order valence-electron chi connectivity index (χ1n) is 6.93. The molecule has 5 nitrogen and oxygen atoms in total. The van der Waals surface area contributed by atoms with Crippen LogP contribution in [0.15, 0.2) is 0 Å². The quantitative estimate of drug-likeness (QED) is 0.888. The first kappa shape index (κ1) is 13.0. The first-order chi connectivity index (χ1) is 9.15. The van der Waals surface area contributed by atoms with Crippen molar-refractivity contribution in [2.75, 3.05) is 19.6 Å². The average Bonchev–Trinajstić information content (AvgIpc) is 2.82. The molecule has 2 fully saturated rings. The zero-order chi connectivity index (χ0) is 13.3. The molecular formula is C13H20N4OS. The van der Waals surface area contributed by atoms with Gasteiger partial charge in [0.25, 0.3) is 0 Å². The highest BCUT2D eigenvalue weighted by Crippen LogP contribution is 2.37. The fourth-order valence-electron chi connectivity index (χ4n) is 3.05. The Morgan fingerprint density at radius 2 is 2.11 bits per heavy atom. The second-order valence-electron chi connectivity index (χ2n) is 5.77. The monoisotopic (exact) mass is 280 g/mol. The van der Waals surface area contributed by atoms with Crippen molar-refractivity contribution in [1.82, 2.24) is 20.4 Å². The van der Waals surface area contributed by atoms with Gasteiger partial charge < -0.3 is 5.32 Å². The Morgan fingerprint density at radius 3 is 2.68 bits per heavy atom. The lowest BCUT2D eigenvalue weighted by Crippen LogP contribution is -2.49. The topological polar surface area (TPSA) is 58.1 Å². The number of hydrogen-bond acceptors (Lipinski definition) is 5. The molecule has 104 valence electrons. The standard InChI is InChI=1S/C13H20N4OS/c1-10-15-16-12(19-10)8-17-6-4-13(5-7-17)3-2-11(18)14-9-13/h2-9H2,1H3,(H,14,18). The highest BCUT2D eigenvalue weighted by atomic mass is 32.1. The Balaban J connectivity index is 1.53. The van der Waals surface area contributed by atoms with Crippen LogP contribution in [0.2, 0.25) is 0 Å². The summed E-state index contributed by atoms with van der Waals surface area (Å²) in [4.78, 5) is 13.7. The number of carbonyl (C=O) groups excluding carboxylic acids is 1. The fourth-order valence-corrected chi connectivity index (χ4v) is 3.80. The van der Waals surface area contributed by atoms with Gasteiger partial charge in [0.1, 0.15) is 10.0 Å². The summed E-state index contributed by atoms with van der Waals surface area (Å²) in [5.41, 5.74) is 0.363. The maximum atomic E-state index is 11.3. The van der Waals surface area contributed by atoms with Crippen LogP contribution in [0.3, 0.4) is 0 Å². The molecule has 0 unspecified atom stereocenters. The van der Waals surface area contributed by atoms with Crippen LogP contribution in [-0.4, -0.2) is 40.6 Å². The van der Waals surface area contributed by atoms with Gasteiger partial charge in [0.15, 0.2) is 0 Å². The van der Waals surface area contributed by atoms with E-state index in [1.807, 2.05) is 6.92 Å². The summed E-state index contributed by atoms with van der Waals surface area (Å²) >= 11 is 1.69. The van der Waals surface area contributed by atoms with E-state index in [1.165, 1.54) is 12.8 Å². The minimum absolute atomic E-state index is 0.220. The zero-order valence-electron chi connectivity index (χ0n) is 11.3. The third-order valence-corrected chi connectivity index (χ3v) is 5.21. The van der Waals surface area contributed by atoms with E-state index in [0.29, 0.717) is 11.8 Å². The van der Waals surface area contributed by atoms with Crippen molar-refractivity contribution in [2.45, 2.75) is 39.2 Å². The molecule has 1 amide bonds. The molecule has 6 heteroatoms. The van der Waals surface area contributed by atoms with E-state index in [-0.39, 0.29) is 5.91 Å². The van der Waals surface area contributed by atoms with Crippen LogP contribution in [-0.2, 0) is 11.3 Å². The van der Waals surface area contributed by atoms with Crippen LogP contribution < -0.4 is 5.32 Å². The molecule has 0 saturated carbocycles. The third-order valence-electron chi connectivity index (χ3n) is 4.39. The predicted molar refractivity (Wildman–Crippen MR) is 73.8 cm³/mol. The summed E-state index contributed by atoms with van der Waals surface area (Å²) in [6.45, 7) is 6.01. The molecule has 1 spiro atoms. The Labute approximate surface area is 117 Å². The number of rotatable bonds is 2. The van der Waals surface area contributed by atoms with Crippen LogP contribution in [0.25, 0.3) is 0 Å². The SMILES string of the molecule is Cc1nnc(CN2CCC3(CCC(=O)NC3)CC2)s1. The second kappa shape index (κ2) is 5.17. The number of aromatic nitrogens is 2. The van der Waals surface area contributed by atoms with E-state index >= 15 is 0 Å². The molecule has 19 heavy (non-hydrogen) atoms. The van der Waals surface area contributed by atoms with E-state index in [9.17, 15) is 4.79 Å². The number of piperidine rings is 2. The number of aryl methyl sites for hydroxylation is 1. The maximum absolute atomic E-state index is 11.3. The van der Waals surface area contributed by atoms with E-state index in [4.69, 9.17) is 0 Å². The van der Waals surface area contributed by atoms with Gasteiger partial charge in [-0.05, 0) is 44.7 Å². The summed E-state index contributed by atoms with van der Waals surface area (Å²) in [6, 6.07) is 0. The van der Waals surface area contributed by atoms with Gasteiger partial charge in [0, 0.05) is 13.0 Å². The highest BCUT2D eigenvalue weighted by Gasteiger charge is 2.37. The number of carbonyl (C=O) groups is 1. The lowest BCUT2D eigenvalue weighted by molar-refractivity contribution is -0.125. The Hall–Kier alpha value is -1.01. The third kappa shape index (κ3) is 2.95. The maximum Gasteiger partial charge on any atom is 0.220 e. The normalized spacial score (nSPS) is 23.5. The number of nitrogens with one attached hydrogen (secondary N) is 1. The van der Waals surface area contributed by atoms with E-state index < -0.39 is 0 Å². The van der Waals surface area contributed by atoms with Crippen molar-refractivity contribution in [3.8, 4) is 0 Å². The molecule has 1 aromatic heterocycles. The molecule has 0 aliphatic carbocycles. The Morgan fingerprint density at radius 1 is 1.32 bits per heavy atom. The van der Waals surface area contributed by atoms with Gasteiger partial charge in [0.2, 0.25) is 5.91 Å². The van der Waals surface area contributed by atoms with Gasteiger partial charge in [-0.2, -0.15) is 0 Å². The van der Waals surface area contributed by atoms with Crippen molar-refractivity contribution < 1.29 is 4.79 Å². The molecule has 2 saturated heterocycles. The molecule has 3 heterocycles. The molecule has 0 radical (unpaired) electrons. The summed E-state index contributed by atoms with van der Waals surface area (Å²) in [5, 5.41) is 13.5. The van der Waals surface area contributed by atoms with Crippen molar-refractivity contribution in [1.29, 1.82) is 0 Å². The molecule has 1 N–H and O–H groups in total. The minimum Gasteiger partial charge on any atom is -0.356 e. The smallest absolute Gasteiger partial charge is 0.220 e. The molecular weight excluding hydrogens is 260 g/mol. The number of likely N-dealkylation sites (tertiary alicyclic amines) is 1. The van der Waals surface area contributed by atoms with Crippen LogP contribution >= 0.6 is 11.3 Å². The number of nitrogens with zero attached hydrogens (tertiary/aromatic N) is 3. The zero-order valence-corrected chi connectivity index (χ0v) is 12.1. The van der Waals surface area contributed by atoms with Crippen LogP contribution in [0, 0.1) is 12.3 Å². The van der Waals surface area contributed by atoms with E-state index in [2.05, 4.69) is 20.4 Å². The number of amides is 1. The molecule has 3 rings (SSSR count). The molecule has 0 aromatic carbocycles. The van der Waals surface area contributed by atoms with Gasteiger partial charge in [-0.1, -0.05) is 0 Å². The summed E-state index contributed by atoms with van der Waals surface area (Å²) in [6.07, 6.45) is 4.14. The van der Waals surface area contributed by atoms with Crippen molar-refractivity contribution in [3.63, 3.8) is 0 Å². The largest absolute Gasteiger partial charge is 0.356 e. The van der Waals surface area contributed by atoms with Crippen molar-refractivity contribution in [2.24, 2.45) is 5.41 Å². The second-order valence-corrected chi connectivity index (χ2v) is 7.03. The first-order valence-corrected chi connectivity index (χ1v) is 7.75. The highest BCUT2D eigenvalue weighted by molar-refractivity contribution is 7.11. The van der Waals surface area contributed by atoms with Gasteiger partial charge in [-0.15, -0.1) is 21.5 Å². The number of hydrogen-bond donors (Lipinski definition) is 1. The molecule has 2 aliphatic heterocycles. The minimum atomic E-state index is 0.220. The van der Waals surface area contributed by atoms with Gasteiger partial charge >= 0.3 is 0 Å². The summed E-state index contributed by atoms with van der Waals surface area (Å²) in [7, 11) is 0. The lowest BCUT2D eigenvalue weighted by atomic mass is 9.73. The molecule has 2 aliphatic rings. The average molecular weight is 280 g/mol. The van der Waals surface area contributed by atoms with Crippen LogP contribution in [0.4, 0.5) is 0 Å². The van der Waals surface area contributed by atoms with Gasteiger partial charge in [-0.3, -0.25) is 9.69 Å². The van der Waals surface area contributed by atoms with Crippen LogP contribution in [0.5, 0.6) is 0 Å².